The molecule has 7 nitrogen and oxygen atoms in total. The summed E-state index contributed by atoms with van der Waals surface area (Å²) in [6.07, 6.45) is 2.34. The molecule has 25 heavy (non-hydrogen) atoms. The van der Waals surface area contributed by atoms with Gasteiger partial charge in [-0.25, -0.2) is 4.79 Å². The van der Waals surface area contributed by atoms with Crippen LogP contribution >= 0.6 is 0 Å². The predicted octanol–water partition coefficient (Wildman–Crippen LogP) is 1.56. The summed E-state index contributed by atoms with van der Waals surface area (Å²) in [5.74, 6) is -0.332. The number of benzene rings is 1. The molecule has 1 aromatic carbocycles. The number of carbonyl (C=O) groups is 2. The van der Waals surface area contributed by atoms with Gasteiger partial charge in [0.1, 0.15) is 0 Å². The third-order valence-electron chi connectivity index (χ3n) is 4.45. The van der Waals surface area contributed by atoms with Crippen LogP contribution in [0.1, 0.15) is 19.8 Å². The molecule has 0 atom stereocenters. The maximum atomic E-state index is 12.4. The summed E-state index contributed by atoms with van der Waals surface area (Å²) in [5.41, 5.74) is 7.14. The molecule has 1 fully saturated rings. The second kappa shape index (κ2) is 9.27. The number of unbranched alkanes of at least 4 members (excludes halogenated alkanes) is 1. The highest BCUT2D eigenvalue weighted by molar-refractivity contribution is 5.89. The van der Waals surface area contributed by atoms with Crippen molar-refractivity contribution in [2.75, 3.05) is 56.5 Å². The molecule has 1 aliphatic rings. The number of nitrogens with two attached hydrogens (primary N) is 1. The van der Waals surface area contributed by atoms with E-state index < -0.39 is 0 Å². The minimum absolute atomic E-state index is 0.106. The van der Waals surface area contributed by atoms with Crippen LogP contribution in [0.4, 0.5) is 16.2 Å². The highest BCUT2D eigenvalue weighted by atomic mass is 16.2. The number of amides is 3. The summed E-state index contributed by atoms with van der Waals surface area (Å²) in [7, 11) is 2.08. The van der Waals surface area contributed by atoms with E-state index >= 15 is 0 Å². The first-order valence-corrected chi connectivity index (χ1v) is 8.87. The molecule has 0 saturated carbocycles. The van der Waals surface area contributed by atoms with Crippen molar-refractivity contribution in [3.63, 3.8) is 0 Å². The predicted molar refractivity (Wildman–Crippen MR) is 101 cm³/mol. The van der Waals surface area contributed by atoms with Crippen LogP contribution in [0.25, 0.3) is 0 Å². The van der Waals surface area contributed by atoms with Crippen molar-refractivity contribution in [2.24, 2.45) is 5.73 Å². The molecule has 7 heteroatoms. The van der Waals surface area contributed by atoms with E-state index in [1.807, 2.05) is 29.2 Å². The quantitative estimate of drug-likeness (QED) is 0.784. The second-order valence-corrected chi connectivity index (χ2v) is 6.48. The Morgan fingerprint density at radius 2 is 1.80 bits per heavy atom. The molecule has 0 radical (unpaired) electrons. The average Bonchev–Trinajstić information content (AvgIpc) is 2.60. The Kier molecular flexibility index (Phi) is 7.06. The molecule has 3 amide bonds. The first-order valence-electron chi connectivity index (χ1n) is 8.87. The van der Waals surface area contributed by atoms with Crippen molar-refractivity contribution in [1.82, 2.24) is 9.80 Å². The van der Waals surface area contributed by atoms with Crippen molar-refractivity contribution < 1.29 is 9.59 Å². The Balaban J connectivity index is 1.82. The summed E-state index contributed by atoms with van der Waals surface area (Å²) in [6, 6.07) is 7.80. The number of rotatable bonds is 7. The first-order chi connectivity index (χ1) is 12.0. The minimum Gasteiger partial charge on any atom is -0.375 e. The first kappa shape index (κ1) is 19.1. The van der Waals surface area contributed by atoms with Gasteiger partial charge in [0.05, 0.1) is 6.54 Å². The zero-order chi connectivity index (χ0) is 18.2. The van der Waals surface area contributed by atoms with E-state index in [2.05, 4.69) is 24.2 Å². The van der Waals surface area contributed by atoms with Crippen molar-refractivity contribution in [1.29, 1.82) is 0 Å². The maximum Gasteiger partial charge on any atom is 0.321 e. The van der Waals surface area contributed by atoms with E-state index in [1.165, 1.54) is 6.42 Å². The number of piperazine rings is 1. The van der Waals surface area contributed by atoms with Crippen LogP contribution in [0, 0.1) is 0 Å². The Morgan fingerprint density at radius 3 is 2.36 bits per heavy atom. The van der Waals surface area contributed by atoms with Crippen molar-refractivity contribution in [2.45, 2.75) is 19.8 Å². The molecular formula is C18H29N5O2. The standard InChI is InChI=1S/C18H29N5O2/c1-3-4-9-21(2)16-7-5-15(6-8-16)20-18(25)23-12-10-22(11-13-23)14-17(19)24/h5-8H,3-4,9-14H2,1-2H3,(H2,19,24)(H,20,25). The summed E-state index contributed by atoms with van der Waals surface area (Å²) in [4.78, 5) is 29.2. The van der Waals surface area contributed by atoms with Crippen LogP contribution in [-0.2, 0) is 4.79 Å². The van der Waals surface area contributed by atoms with Gasteiger partial charge in [-0.2, -0.15) is 0 Å². The molecule has 1 aliphatic heterocycles. The number of nitrogens with zero attached hydrogens (tertiary/aromatic N) is 3. The molecule has 0 unspecified atom stereocenters. The van der Waals surface area contributed by atoms with Gasteiger partial charge >= 0.3 is 6.03 Å². The van der Waals surface area contributed by atoms with E-state index in [0.717, 1.165) is 24.3 Å². The summed E-state index contributed by atoms with van der Waals surface area (Å²) in [6.45, 7) is 5.98. The zero-order valence-corrected chi connectivity index (χ0v) is 15.2. The van der Waals surface area contributed by atoms with Crippen molar-refractivity contribution in [3.05, 3.63) is 24.3 Å². The van der Waals surface area contributed by atoms with Gasteiger partial charge in [-0.15, -0.1) is 0 Å². The van der Waals surface area contributed by atoms with Crippen LogP contribution in [0.3, 0.4) is 0 Å². The zero-order valence-electron chi connectivity index (χ0n) is 15.2. The fourth-order valence-corrected chi connectivity index (χ4v) is 2.86. The van der Waals surface area contributed by atoms with Gasteiger partial charge < -0.3 is 20.9 Å². The largest absolute Gasteiger partial charge is 0.375 e. The molecule has 1 heterocycles. The number of primary amides is 1. The van der Waals surface area contributed by atoms with E-state index in [4.69, 9.17) is 5.73 Å². The van der Waals surface area contributed by atoms with Crippen LogP contribution in [0.2, 0.25) is 0 Å². The molecule has 0 aromatic heterocycles. The van der Waals surface area contributed by atoms with Gasteiger partial charge in [-0.05, 0) is 30.7 Å². The number of carbonyl (C=O) groups excluding carboxylic acids is 2. The summed E-state index contributed by atoms with van der Waals surface area (Å²) >= 11 is 0. The van der Waals surface area contributed by atoms with Crippen molar-refractivity contribution >= 4 is 23.3 Å². The van der Waals surface area contributed by atoms with Crippen LogP contribution in [-0.4, -0.2) is 68.1 Å². The molecule has 3 N–H and O–H groups in total. The third-order valence-corrected chi connectivity index (χ3v) is 4.45. The van der Waals surface area contributed by atoms with Gasteiger partial charge in [0, 0.05) is 51.1 Å². The lowest BCUT2D eigenvalue weighted by Crippen LogP contribution is -2.51. The Bertz CT molecular complexity index is 567. The fraction of sp³-hybridized carbons (Fsp3) is 0.556. The number of nitrogens with one attached hydrogen (secondary N) is 1. The molecule has 0 bridgehead atoms. The van der Waals surface area contributed by atoms with Crippen LogP contribution in [0.15, 0.2) is 24.3 Å². The van der Waals surface area contributed by atoms with E-state index in [1.54, 1.807) is 4.90 Å². The average molecular weight is 347 g/mol. The number of anilines is 2. The lowest BCUT2D eigenvalue weighted by atomic mass is 10.2. The topological polar surface area (TPSA) is 81.9 Å². The Morgan fingerprint density at radius 1 is 1.16 bits per heavy atom. The van der Waals surface area contributed by atoms with Crippen LogP contribution < -0.4 is 16.0 Å². The molecular weight excluding hydrogens is 318 g/mol. The highest BCUT2D eigenvalue weighted by Crippen LogP contribution is 2.18. The number of urea groups is 1. The Hall–Kier alpha value is -2.28. The molecule has 138 valence electrons. The monoisotopic (exact) mass is 347 g/mol. The van der Waals surface area contributed by atoms with Crippen molar-refractivity contribution in [3.8, 4) is 0 Å². The summed E-state index contributed by atoms with van der Waals surface area (Å²) < 4.78 is 0. The third kappa shape index (κ3) is 5.94. The van der Waals surface area contributed by atoms with Gasteiger partial charge in [-0.3, -0.25) is 9.69 Å². The molecule has 0 aliphatic carbocycles. The number of hydrogen-bond acceptors (Lipinski definition) is 4. The molecule has 1 saturated heterocycles. The second-order valence-electron chi connectivity index (χ2n) is 6.48. The molecule has 1 aromatic rings. The van der Waals surface area contributed by atoms with Gasteiger partial charge in [0.25, 0.3) is 0 Å². The van der Waals surface area contributed by atoms with Gasteiger partial charge in [-0.1, -0.05) is 13.3 Å². The SMILES string of the molecule is CCCCN(C)c1ccc(NC(=O)N2CCN(CC(N)=O)CC2)cc1. The van der Waals surface area contributed by atoms with Crippen LogP contribution in [0.5, 0.6) is 0 Å². The maximum absolute atomic E-state index is 12.4. The summed E-state index contributed by atoms with van der Waals surface area (Å²) in [5, 5.41) is 2.93. The van der Waals surface area contributed by atoms with Gasteiger partial charge in [0.15, 0.2) is 0 Å². The van der Waals surface area contributed by atoms with E-state index in [9.17, 15) is 9.59 Å². The molecule has 2 rings (SSSR count). The minimum atomic E-state index is -0.332. The Labute approximate surface area is 149 Å². The van der Waals surface area contributed by atoms with E-state index in [0.29, 0.717) is 26.2 Å². The molecule has 0 spiro atoms. The normalized spacial score (nSPS) is 15.0. The van der Waals surface area contributed by atoms with E-state index in [-0.39, 0.29) is 18.5 Å². The fourth-order valence-electron chi connectivity index (χ4n) is 2.86. The lowest BCUT2D eigenvalue weighted by Gasteiger charge is -2.34. The highest BCUT2D eigenvalue weighted by Gasteiger charge is 2.21. The number of hydrogen-bond donors (Lipinski definition) is 2. The lowest BCUT2D eigenvalue weighted by molar-refractivity contribution is -0.119. The van der Waals surface area contributed by atoms with Gasteiger partial charge in [0.2, 0.25) is 5.91 Å². The smallest absolute Gasteiger partial charge is 0.321 e.